The molecule has 1 heterocycles. The molecule has 0 saturated carbocycles. The molecule has 1 aromatic carbocycles. The van der Waals surface area contributed by atoms with Gasteiger partial charge >= 0.3 is 0 Å². The minimum atomic E-state index is -0.0644. The third-order valence-corrected chi connectivity index (χ3v) is 3.42. The molecule has 0 amide bonds. The Morgan fingerprint density at radius 2 is 2.06 bits per heavy atom. The Morgan fingerprint density at radius 1 is 1.38 bits per heavy atom. The number of carbonyl (C=O) groups is 1. The van der Waals surface area contributed by atoms with E-state index < -0.39 is 0 Å². The summed E-state index contributed by atoms with van der Waals surface area (Å²) < 4.78 is 1.93. The van der Waals surface area contributed by atoms with Gasteiger partial charge in [-0.3, -0.25) is 9.36 Å². The zero-order chi connectivity index (χ0) is 11.5. The van der Waals surface area contributed by atoms with Gasteiger partial charge in [0.1, 0.15) is 0 Å². The van der Waals surface area contributed by atoms with E-state index in [9.17, 15) is 9.90 Å². The van der Waals surface area contributed by atoms with Gasteiger partial charge in [-0.15, -0.1) is 11.3 Å². The first kappa shape index (κ1) is 11.0. The summed E-state index contributed by atoms with van der Waals surface area (Å²) >= 11 is 6.25. The van der Waals surface area contributed by atoms with E-state index in [-0.39, 0.29) is 18.2 Å². The van der Waals surface area contributed by atoms with E-state index in [0.29, 0.717) is 9.52 Å². The summed E-state index contributed by atoms with van der Waals surface area (Å²) in [5, 5.41) is 11.0. The predicted octanol–water partition coefficient (Wildman–Crippen LogP) is 2.87. The maximum Gasteiger partial charge on any atom is 0.203 e. The molecule has 5 heteroatoms. The normalized spacial score (nSPS) is 10.2. The second-order valence-electron chi connectivity index (χ2n) is 3.24. The van der Waals surface area contributed by atoms with Gasteiger partial charge in [0, 0.05) is 5.56 Å². The van der Waals surface area contributed by atoms with Crippen molar-refractivity contribution >= 4 is 29.3 Å². The third kappa shape index (κ3) is 2.20. The summed E-state index contributed by atoms with van der Waals surface area (Å²) in [5.74, 6) is -0.0234. The van der Waals surface area contributed by atoms with Crippen LogP contribution in [0.25, 0.3) is 0 Å². The Morgan fingerprint density at radius 3 is 2.62 bits per heavy atom. The molecule has 1 aromatic heterocycles. The molecule has 0 aliphatic heterocycles. The van der Waals surface area contributed by atoms with Crippen molar-refractivity contribution in [2.75, 3.05) is 0 Å². The molecule has 82 valence electrons. The first-order chi connectivity index (χ1) is 7.68. The fourth-order valence-corrected chi connectivity index (χ4v) is 2.25. The zero-order valence-corrected chi connectivity index (χ0v) is 9.92. The number of hydrogen-bond acceptors (Lipinski definition) is 4. The van der Waals surface area contributed by atoms with Crippen LogP contribution in [0, 0.1) is 3.95 Å². The van der Waals surface area contributed by atoms with Gasteiger partial charge in [0.15, 0.2) is 9.74 Å². The molecule has 0 aliphatic carbocycles. The van der Waals surface area contributed by atoms with Crippen LogP contribution in [0.15, 0.2) is 35.7 Å². The molecular formula is C11H9NO2S2. The van der Waals surface area contributed by atoms with E-state index in [1.807, 2.05) is 6.07 Å². The molecule has 2 rings (SSSR count). The van der Waals surface area contributed by atoms with Crippen molar-refractivity contribution in [1.82, 2.24) is 4.57 Å². The number of thiazole rings is 1. The number of rotatable bonds is 3. The highest BCUT2D eigenvalue weighted by atomic mass is 32.1. The Balaban J connectivity index is 2.24. The summed E-state index contributed by atoms with van der Waals surface area (Å²) in [5.41, 5.74) is 0.620. The standard InChI is InChI=1S/C11H9NO2S2/c13-9(8-4-2-1-3-5-8)6-12-10(14)7-16-11(12)15/h1-5,7,14H,6H2. The van der Waals surface area contributed by atoms with E-state index in [1.165, 1.54) is 21.3 Å². The van der Waals surface area contributed by atoms with E-state index >= 15 is 0 Å². The van der Waals surface area contributed by atoms with Gasteiger partial charge in [-0.05, 0) is 12.2 Å². The Labute approximate surface area is 102 Å². The van der Waals surface area contributed by atoms with Crippen molar-refractivity contribution in [3.05, 3.63) is 45.2 Å². The highest BCUT2D eigenvalue weighted by molar-refractivity contribution is 7.73. The molecule has 1 N–H and O–H groups in total. The molecule has 0 radical (unpaired) electrons. The van der Waals surface area contributed by atoms with E-state index in [4.69, 9.17) is 12.2 Å². The van der Waals surface area contributed by atoms with Crippen molar-refractivity contribution < 1.29 is 9.90 Å². The topological polar surface area (TPSA) is 42.2 Å². The fourth-order valence-electron chi connectivity index (χ4n) is 1.33. The smallest absolute Gasteiger partial charge is 0.203 e. The Hall–Kier alpha value is -1.46. The van der Waals surface area contributed by atoms with Gasteiger partial charge in [0.05, 0.1) is 11.9 Å². The van der Waals surface area contributed by atoms with E-state index in [1.54, 1.807) is 24.3 Å². The molecule has 2 aromatic rings. The molecule has 0 bridgehead atoms. The van der Waals surface area contributed by atoms with Crippen LogP contribution >= 0.6 is 23.6 Å². The second kappa shape index (κ2) is 4.59. The number of aromatic hydroxyl groups is 1. The quantitative estimate of drug-likeness (QED) is 0.673. The molecule has 0 saturated heterocycles. The van der Waals surface area contributed by atoms with Crippen molar-refractivity contribution in [1.29, 1.82) is 0 Å². The van der Waals surface area contributed by atoms with E-state index in [0.717, 1.165) is 0 Å². The average Bonchev–Trinajstić information content (AvgIpc) is 2.62. The lowest BCUT2D eigenvalue weighted by atomic mass is 10.1. The van der Waals surface area contributed by atoms with Gasteiger partial charge < -0.3 is 5.11 Å². The van der Waals surface area contributed by atoms with Crippen molar-refractivity contribution in [3.8, 4) is 5.88 Å². The van der Waals surface area contributed by atoms with Crippen LogP contribution in [0.4, 0.5) is 0 Å². The number of aromatic nitrogens is 1. The maximum atomic E-state index is 11.8. The predicted molar refractivity (Wildman–Crippen MR) is 65.6 cm³/mol. The first-order valence-electron chi connectivity index (χ1n) is 4.64. The minimum Gasteiger partial charge on any atom is -0.494 e. The monoisotopic (exact) mass is 251 g/mol. The van der Waals surface area contributed by atoms with Crippen molar-refractivity contribution in [3.63, 3.8) is 0 Å². The van der Waals surface area contributed by atoms with Gasteiger partial charge in [-0.1, -0.05) is 30.3 Å². The summed E-state index contributed by atoms with van der Waals surface area (Å²) in [6.45, 7) is 0.0815. The number of hydrogen-bond donors (Lipinski definition) is 1. The highest BCUT2D eigenvalue weighted by Gasteiger charge is 2.09. The van der Waals surface area contributed by atoms with Crippen LogP contribution in [-0.4, -0.2) is 15.5 Å². The molecule has 0 aliphatic rings. The first-order valence-corrected chi connectivity index (χ1v) is 5.93. The lowest BCUT2D eigenvalue weighted by molar-refractivity contribution is 0.0968. The van der Waals surface area contributed by atoms with Crippen molar-refractivity contribution in [2.45, 2.75) is 6.54 Å². The lowest BCUT2D eigenvalue weighted by Gasteiger charge is -2.03. The Bertz CT molecular complexity index is 557. The molecule has 3 nitrogen and oxygen atoms in total. The lowest BCUT2D eigenvalue weighted by Crippen LogP contribution is -2.09. The molecule has 16 heavy (non-hydrogen) atoms. The van der Waals surface area contributed by atoms with Crippen LogP contribution in [-0.2, 0) is 6.54 Å². The highest BCUT2D eigenvalue weighted by Crippen LogP contribution is 2.17. The number of ketones is 1. The van der Waals surface area contributed by atoms with Crippen LogP contribution in [0.1, 0.15) is 10.4 Å². The second-order valence-corrected chi connectivity index (χ2v) is 4.74. The summed E-state index contributed by atoms with van der Waals surface area (Å²) in [4.78, 5) is 11.8. The molecular weight excluding hydrogens is 242 g/mol. The SMILES string of the molecule is O=C(Cn1c(O)csc1=S)c1ccccc1. The van der Waals surface area contributed by atoms with E-state index in [2.05, 4.69) is 0 Å². The van der Waals surface area contributed by atoms with Crippen LogP contribution in [0.3, 0.4) is 0 Å². The number of benzene rings is 1. The number of nitrogens with zero attached hydrogens (tertiary/aromatic N) is 1. The molecule has 0 atom stereocenters. The summed E-state index contributed by atoms with van der Waals surface area (Å²) in [6.07, 6.45) is 0. The molecule has 0 spiro atoms. The summed E-state index contributed by atoms with van der Waals surface area (Å²) in [6, 6.07) is 8.95. The van der Waals surface area contributed by atoms with Crippen molar-refractivity contribution in [2.24, 2.45) is 0 Å². The summed E-state index contributed by atoms with van der Waals surface area (Å²) in [7, 11) is 0. The van der Waals surface area contributed by atoms with Crippen LogP contribution in [0.2, 0.25) is 0 Å². The number of carbonyl (C=O) groups excluding carboxylic acids is 1. The van der Waals surface area contributed by atoms with Crippen LogP contribution in [0.5, 0.6) is 5.88 Å². The van der Waals surface area contributed by atoms with Crippen LogP contribution < -0.4 is 0 Å². The van der Waals surface area contributed by atoms with Gasteiger partial charge in [0.2, 0.25) is 5.88 Å². The molecule has 0 unspecified atom stereocenters. The number of Topliss-reactive ketones (excluding diaryl/α,β-unsaturated/α-hetero) is 1. The molecule has 0 fully saturated rings. The fraction of sp³-hybridized carbons (Fsp3) is 0.0909. The van der Waals surface area contributed by atoms with Gasteiger partial charge in [0.25, 0.3) is 0 Å². The maximum absolute atomic E-state index is 11.8. The van der Waals surface area contributed by atoms with Gasteiger partial charge in [-0.25, -0.2) is 0 Å². The average molecular weight is 251 g/mol. The largest absolute Gasteiger partial charge is 0.494 e. The van der Waals surface area contributed by atoms with Gasteiger partial charge in [-0.2, -0.15) is 0 Å². The Kier molecular flexibility index (Phi) is 3.17. The third-order valence-electron chi connectivity index (χ3n) is 2.16. The minimum absolute atomic E-state index is 0.0410. The zero-order valence-electron chi connectivity index (χ0n) is 8.29.